The van der Waals surface area contributed by atoms with Crippen molar-refractivity contribution in [2.24, 2.45) is 5.10 Å². The summed E-state index contributed by atoms with van der Waals surface area (Å²) >= 11 is 6.14. The van der Waals surface area contributed by atoms with E-state index in [-0.39, 0.29) is 0 Å². The first-order valence-electron chi connectivity index (χ1n) is 8.33. The van der Waals surface area contributed by atoms with Crippen LogP contribution in [0, 0.1) is 0 Å². The standard InChI is InChI=1S/C16H25N4O2PS/c1-15(16-5-3-2-4-6-16)17-18-23(24,19-7-11-21-12-8-19)20-9-13-22-14-10-20/h2-6H,7-14H2,1H3,(H,18,24)/b17-15+. The van der Waals surface area contributed by atoms with Gasteiger partial charge in [0.2, 0.25) is 0 Å². The van der Waals surface area contributed by atoms with Crippen LogP contribution in [0.25, 0.3) is 0 Å². The predicted molar refractivity (Wildman–Crippen MR) is 101 cm³/mol. The van der Waals surface area contributed by atoms with Crippen LogP contribution in [-0.2, 0) is 21.3 Å². The molecule has 1 aromatic rings. The molecule has 0 aliphatic carbocycles. The first kappa shape index (κ1) is 18.0. The lowest BCUT2D eigenvalue weighted by atomic mass is 10.1. The predicted octanol–water partition coefficient (Wildman–Crippen LogP) is 1.89. The summed E-state index contributed by atoms with van der Waals surface area (Å²) in [7, 11) is 0. The largest absolute Gasteiger partial charge is 0.379 e. The van der Waals surface area contributed by atoms with Crippen LogP contribution in [0.2, 0.25) is 0 Å². The highest BCUT2D eigenvalue weighted by Crippen LogP contribution is 2.50. The molecule has 0 amide bonds. The van der Waals surface area contributed by atoms with Gasteiger partial charge in [-0.25, -0.2) is 9.34 Å². The molecule has 1 N–H and O–H groups in total. The van der Waals surface area contributed by atoms with E-state index in [0.29, 0.717) is 0 Å². The molecule has 132 valence electrons. The molecule has 0 unspecified atom stereocenters. The molecular formula is C16H25N4O2PS. The Morgan fingerprint density at radius 2 is 1.50 bits per heavy atom. The van der Waals surface area contributed by atoms with E-state index in [4.69, 9.17) is 21.3 Å². The fourth-order valence-corrected chi connectivity index (χ4v) is 6.24. The summed E-state index contributed by atoms with van der Waals surface area (Å²) in [5.74, 6) is 0. The van der Waals surface area contributed by atoms with Crippen molar-refractivity contribution in [2.75, 3.05) is 52.6 Å². The van der Waals surface area contributed by atoms with Gasteiger partial charge in [0, 0.05) is 26.2 Å². The first-order valence-corrected chi connectivity index (χ1v) is 11.0. The third-order valence-electron chi connectivity index (χ3n) is 4.28. The van der Waals surface area contributed by atoms with Crippen molar-refractivity contribution in [3.8, 4) is 0 Å². The van der Waals surface area contributed by atoms with Crippen LogP contribution < -0.4 is 5.20 Å². The van der Waals surface area contributed by atoms with Gasteiger partial charge in [0.25, 0.3) is 0 Å². The van der Waals surface area contributed by atoms with Crippen LogP contribution in [0.3, 0.4) is 0 Å². The number of ether oxygens (including phenoxy) is 2. The molecular weight excluding hydrogens is 343 g/mol. The number of nitrogens with one attached hydrogen (secondary N) is 1. The second-order valence-corrected chi connectivity index (χ2v) is 9.79. The van der Waals surface area contributed by atoms with E-state index in [2.05, 4.69) is 31.8 Å². The summed E-state index contributed by atoms with van der Waals surface area (Å²) in [5.41, 5.74) is 2.06. The molecule has 0 radical (unpaired) electrons. The maximum absolute atomic E-state index is 6.14. The summed E-state index contributed by atoms with van der Waals surface area (Å²) in [4.78, 5) is 0. The highest BCUT2D eigenvalue weighted by molar-refractivity contribution is 8.11. The minimum atomic E-state index is -2.14. The van der Waals surface area contributed by atoms with Crippen LogP contribution >= 0.6 is 6.49 Å². The fourth-order valence-electron chi connectivity index (χ4n) is 2.84. The number of hydrogen-bond acceptors (Lipinski definition) is 4. The zero-order valence-corrected chi connectivity index (χ0v) is 15.8. The van der Waals surface area contributed by atoms with Crippen molar-refractivity contribution in [1.29, 1.82) is 0 Å². The van der Waals surface area contributed by atoms with Gasteiger partial charge in [-0.1, -0.05) is 30.3 Å². The van der Waals surface area contributed by atoms with Crippen LogP contribution in [0.4, 0.5) is 0 Å². The van der Waals surface area contributed by atoms with Crippen LogP contribution in [0.15, 0.2) is 35.4 Å². The van der Waals surface area contributed by atoms with Gasteiger partial charge < -0.3 is 9.47 Å². The molecule has 6 nitrogen and oxygen atoms in total. The van der Waals surface area contributed by atoms with E-state index in [0.717, 1.165) is 63.9 Å². The lowest BCUT2D eigenvalue weighted by molar-refractivity contribution is 0.0569. The Labute approximate surface area is 149 Å². The van der Waals surface area contributed by atoms with Crippen LogP contribution in [0.1, 0.15) is 12.5 Å². The summed E-state index contributed by atoms with van der Waals surface area (Å²) in [6.45, 7) is 6.18. The number of morpholine rings is 2. The molecule has 0 bridgehead atoms. The second-order valence-electron chi connectivity index (χ2n) is 5.84. The Balaban J connectivity index is 1.80. The Hall–Kier alpha value is -0.820. The maximum atomic E-state index is 6.14. The Bertz CT molecular complexity index is 579. The van der Waals surface area contributed by atoms with Crippen molar-refractivity contribution >= 4 is 24.0 Å². The van der Waals surface area contributed by atoms with Gasteiger partial charge in [0.15, 0.2) is 6.49 Å². The number of rotatable bonds is 5. The summed E-state index contributed by atoms with van der Waals surface area (Å²) < 4.78 is 15.7. The minimum absolute atomic E-state index is 0.728. The minimum Gasteiger partial charge on any atom is -0.379 e. The highest BCUT2D eigenvalue weighted by Gasteiger charge is 2.34. The van der Waals surface area contributed by atoms with Gasteiger partial charge >= 0.3 is 0 Å². The molecule has 2 aliphatic rings. The molecule has 8 heteroatoms. The Morgan fingerprint density at radius 1 is 1.00 bits per heavy atom. The number of hydrazone groups is 1. The third-order valence-corrected chi connectivity index (χ3v) is 8.61. The van der Waals surface area contributed by atoms with Crippen LogP contribution in [-0.4, -0.2) is 67.7 Å². The molecule has 0 saturated carbocycles. The van der Waals surface area contributed by atoms with E-state index in [9.17, 15) is 0 Å². The highest BCUT2D eigenvalue weighted by atomic mass is 32.4. The molecule has 24 heavy (non-hydrogen) atoms. The lowest BCUT2D eigenvalue weighted by Gasteiger charge is -2.44. The maximum Gasteiger partial charge on any atom is 0.183 e. The van der Waals surface area contributed by atoms with Crippen LogP contribution in [0.5, 0.6) is 0 Å². The van der Waals surface area contributed by atoms with E-state index in [1.165, 1.54) is 0 Å². The zero-order chi connectivity index (χ0) is 16.8. The van der Waals surface area contributed by atoms with Crippen molar-refractivity contribution in [1.82, 2.24) is 14.5 Å². The second kappa shape index (κ2) is 8.52. The number of hydrogen-bond donors (Lipinski definition) is 1. The SMILES string of the molecule is C/C(=N\NP(=S)(N1CCOCC1)N1CCOCC1)c1ccccc1. The number of nitrogens with zero attached hydrogens (tertiary/aromatic N) is 3. The third kappa shape index (κ3) is 4.23. The van der Waals surface area contributed by atoms with E-state index < -0.39 is 6.49 Å². The van der Waals surface area contributed by atoms with Crippen molar-refractivity contribution < 1.29 is 9.47 Å². The normalized spacial score (nSPS) is 21.6. The van der Waals surface area contributed by atoms with E-state index in [1.807, 2.05) is 25.1 Å². The molecule has 2 aliphatic heterocycles. The first-order chi connectivity index (χ1) is 11.7. The van der Waals surface area contributed by atoms with E-state index in [1.54, 1.807) is 0 Å². The number of benzene rings is 1. The van der Waals surface area contributed by atoms with Gasteiger partial charge in [-0.15, -0.1) is 0 Å². The van der Waals surface area contributed by atoms with Crippen molar-refractivity contribution in [3.63, 3.8) is 0 Å². The molecule has 1 aromatic carbocycles. The zero-order valence-electron chi connectivity index (χ0n) is 14.1. The lowest BCUT2D eigenvalue weighted by Crippen LogP contribution is -2.46. The summed E-state index contributed by atoms with van der Waals surface area (Å²) in [6, 6.07) is 10.2. The van der Waals surface area contributed by atoms with Crippen molar-refractivity contribution in [2.45, 2.75) is 6.92 Å². The smallest absolute Gasteiger partial charge is 0.183 e. The summed E-state index contributed by atoms with van der Waals surface area (Å²) in [6.07, 6.45) is 0. The molecule has 3 rings (SSSR count). The van der Waals surface area contributed by atoms with Gasteiger partial charge in [-0.3, -0.25) is 5.20 Å². The topological polar surface area (TPSA) is 49.3 Å². The quantitative estimate of drug-likeness (QED) is 0.487. The molecule has 2 saturated heterocycles. The monoisotopic (exact) mass is 368 g/mol. The molecule has 0 spiro atoms. The molecule has 2 heterocycles. The molecule has 2 fully saturated rings. The summed E-state index contributed by atoms with van der Waals surface area (Å²) in [5, 5.41) is 8.05. The van der Waals surface area contributed by atoms with Gasteiger partial charge in [0.1, 0.15) is 0 Å². The van der Waals surface area contributed by atoms with Gasteiger partial charge in [0.05, 0.1) is 32.1 Å². The molecule has 0 aromatic heterocycles. The fraction of sp³-hybridized carbons (Fsp3) is 0.562. The van der Waals surface area contributed by atoms with Gasteiger partial charge in [-0.05, 0) is 24.3 Å². The average molecular weight is 368 g/mol. The Morgan fingerprint density at radius 3 is 2.00 bits per heavy atom. The average Bonchev–Trinajstić information content (AvgIpc) is 2.68. The van der Waals surface area contributed by atoms with Crippen molar-refractivity contribution in [3.05, 3.63) is 35.9 Å². The Kier molecular flexibility index (Phi) is 6.38. The molecule has 0 atom stereocenters. The van der Waals surface area contributed by atoms with E-state index >= 15 is 0 Å². The van der Waals surface area contributed by atoms with Gasteiger partial charge in [-0.2, -0.15) is 5.10 Å².